The second-order valence-corrected chi connectivity index (χ2v) is 4.18. The summed E-state index contributed by atoms with van der Waals surface area (Å²) in [6.07, 6.45) is 4.54. The van der Waals surface area contributed by atoms with Crippen molar-refractivity contribution in [1.82, 2.24) is 0 Å². The normalized spacial score (nSPS) is 11.6. The van der Waals surface area contributed by atoms with Gasteiger partial charge in [0.25, 0.3) is 0 Å². The highest BCUT2D eigenvalue weighted by Gasteiger charge is 2.07. The first-order chi connectivity index (χ1) is 9.19. The maximum atomic E-state index is 13.0. The predicted octanol–water partition coefficient (Wildman–Crippen LogP) is 2.95. The SMILES string of the molecule is C#Cc1cccc(NCC(O)c2cccc(F)c2)c1. The summed E-state index contributed by atoms with van der Waals surface area (Å²) in [5.41, 5.74) is 2.14. The zero-order valence-corrected chi connectivity index (χ0v) is 10.3. The second-order valence-electron chi connectivity index (χ2n) is 4.18. The van der Waals surface area contributed by atoms with E-state index in [9.17, 15) is 9.50 Å². The highest BCUT2D eigenvalue weighted by atomic mass is 19.1. The number of hydrogen-bond donors (Lipinski definition) is 2. The molecule has 0 aromatic heterocycles. The molecular weight excluding hydrogens is 241 g/mol. The minimum absolute atomic E-state index is 0.289. The average Bonchev–Trinajstić information content (AvgIpc) is 2.45. The third kappa shape index (κ3) is 3.57. The first kappa shape index (κ1) is 13.1. The van der Waals surface area contributed by atoms with Gasteiger partial charge in [-0.1, -0.05) is 24.1 Å². The van der Waals surface area contributed by atoms with Crippen LogP contribution in [-0.2, 0) is 0 Å². The van der Waals surface area contributed by atoms with Gasteiger partial charge in [0.15, 0.2) is 0 Å². The van der Waals surface area contributed by atoms with Crippen molar-refractivity contribution in [2.45, 2.75) is 6.10 Å². The minimum atomic E-state index is -0.773. The van der Waals surface area contributed by atoms with E-state index < -0.39 is 6.10 Å². The summed E-state index contributed by atoms with van der Waals surface area (Å²) in [4.78, 5) is 0. The highest BCUT2D eigenvalue weighted by Crippen LogP contribution is 2.16. The van der Waals surface area contributed by atoms with Crippen LogP contribution in [0.15, 0.2) is 48.5 Å². The van der Waals surface area contributed by atoms with Gasteiger partial charge < -0.3 is 10.4 Å². The van der Waals surface area contributed by atoms with Crippen LogP contribution < -0.4 is 5.32 Å². The molecule has 0 radical (unpaired) electrons. The van der Waals surface area contributed by atoms with Crippen molar-refractivity contribution in [3.8, 4) is 12.3 Å². The number of anilines is 1. The molecule has 0 spiro atoms. The van der Waals surface area contributed by atoms with Crippen LogP contribution in [-0.4, -0.2) is 11.7 Å². The molecule has 0 saturated heterocycles. The Bertz CT molecular complexity index is 604. The standard InChI is InChI=1S/C16H14FNO/c1-2-12-5-3-8-15(9-12)18-11-16(19)13-6-4-7-14(17)10-13/h1,3-10,16,18-19H,11H2. The van der Waals surface area contributed by atoms with E-state index in [2.05, 4.69) is 11.2 Å². The van der Waals surface area contributed by atoms with Gasteiger partial charge in [-0.15, -0.1) is 6.42 Å². The summed E-state index contributed by atoms with van der Waals surface area (Å²) in [6, 6.07) is 13.3. The molecule has 2 N–H and O–H groups in total. The molecule has 0 bridgehead atoms. The first-order valence-electron chi connectivity index (χ1n) is 5.93. The van der Waals surface area contributed by atoms with Gasteiger partial charge in [0, 0.05) is 17.8 Å². The summed E-state index contributed by atoms with van der Waals surface area (Å²) >= 11 is 0. The highest BCUT2D eigenvalue weighted by molar-refractivity contribution is 5.50. The van der Waals surface area contributed by atoms with Crippen LogP contribution in [0.4, 0.5) is 10.1 Å². The van der Waals surface area contributed by atoms with Gasteiger partial charge in [-0.3, -0.25) is 0 Å². The third-order valence-electron chi connectivity index (χ3n) is 2.76. The molecule has 2 nitrogen and oxygen atoms in total. The van der Waals surface area contributed by atoms with Gasteiger partial charge >= 0.3 is 0 Å². The lowest BCUT2D eigenvalue weighted by Crippen LogP contribution is -2.12. The number of aliphatic hydroxyl groups is 1. The van der Waals surface area contributed by atoms with Crippen LogP contribution in [0.3, 0.4) is 0 Å². The molecule has 1 unspecified atom stereocenters. The number of rotatable bonds is 4. The van der Waals surface area contributed by atoms with Gasteiger partial charge in [0.05, 0.1) is 6.10 Å². The van der Waals surface area contributed by atoms with Crippen molar-refractivity contribution in [3.05, 3.63) is 65.5 Å². The molecule has 0 heterocycles. The monoisotopic (exact) mass is 255 g/mol. The van der Waals surface area contributed by atoms with E-state index in [1.165, 1.54) is 12.1 Å². The molecule has 0 aliphatic carbocycles. The van der Waals surface area contributed by atoms with E-state index in [1.807, 2.05) is 24.3 Å². The largest absolute Gasteiger partial charge is 0.387 e. The lowest BCUT2D eigenvalue weighted by molar-refractivity contribution is 0.191. The Kier molecular flexibility index (Phi) is 4.17. The maximum Gasteiger partial charge on any atom is 0.123 e. The number of terminal acetylenes is 1. The van der Waals surface area contributed by atoms with Crippen LogP contribution in [0.25, 0.3) is 0 Å². The van der Waals surface area contributed by atoms with Gasteiger partial charge in [0.2, 0.25) is 0 Å². The summed E-state index contributed by atoms with van der Waals surface area (Å²) in [6.45, 7) is 0.289. The van der Waals surface area contributed by atoms with E-state index >= 15 is 0 Å². The lowest BCUT2D eigenvalue weighted by atomic mass is 10.1. The van der Waals surface area contributed by atoms with Crippen LogP contribution in [0.5, 0.6) is 0 Å². The molecule has 0 fully saturated rings. The van der Waals surface area contributed by atoms with Gasteiger partial charge in [-0.2, -0.15) is 0 Å². The summed E-state index contributed by atoms with van der Waals surface area (Å²) < 4.78 is 13.0. The first-order valence-corrected chi connectivity index (χ1v) is 5.93. The number of benzene rings is 2. The minimum Gasteiger partial charge on any atom is -0.387 e. The lowest BCUT2D eigenvalue weighted by Gasteiger charge is -2.13. The molecule has 0 amide bonds. The molecular formula is C16H14FNO. The predicted molar refractivity (Wildman–Crippen MR) is 74.2 cm³/mol. The smallest absolute Gasteiger partial charge is 0.123 e. The van der Waals surface area contributed by atoms with Gasteiger partial charge in [0.1, 0.15) is 5.82 Å². The van der Waals surface area contributed by atoms with Crippen molar-refractivity contribution < 1.29 is 9.50 Å². The van der Waals surface area contributed by atoms with E-state index in [4.69, 9.17) is 6.42 Å². The molecule has 0 saturated carbocycles. The molecule has 96 valence electrons. The van der Waals surface area contributed by atoms with Gasteiger partial charge in [-0.25, -0.2) is 4.39 Å². The number of hydrogen-bond acceptors (Lipinski definition) is 2. The summed E-state index contributed by atoms with van der Waals surface area (Å²) in [5.74, 6) is 2.19. The van der Waals surface area contributed by atoms with Crippen LogP contribution in [0, 0.1) is 18.2 Å². The summed E-state index contributed by atoms with van der Waals surface area (Å²) in [7, 11) is 0. The fourth-order valence-corrected chi connectivity index (χ4v) is 1.77. The molecule has 2 aromatic carbocycles. The molecule has 0 aliphatic heterocycles. The van der Waals surface area contributed by atoms with Crippen molar-refractivity contribution in [1.29, 1.82) is 0 Å². The Morgan fingerprint density at radius 1 is 1.21 bits per heavy atom. The Morgan fingerprint density at radius 2 is 2.00 bits per heavy atom. The molecule has 2 rings (SSSR count). The zero-order chi connectivity index (χ0) is 13.7. The number of halogens is 1. The second kappa shape index (κ2) is 6.03. The zero-order valence-electron chi connectivity index (χ0n) is 10.3. The van der Waals surface area contributed by atoms with E-state index in [0.29, 0.717) is 5.56 Å². The Hall–Kier alpha value is -2.31. The molecule has 19 heavy (non-hydrogen) atoms. The maximum absolute atomic E-state index is 13.0. The van der Waals surface area contributed by atoms with Crippen molar-refractivity contribution in [3.63, 3.8) is 0 Å². The molecule has 2 aromatic rings. The third-order valence-corrected chi connectivity index (χ3v) is 2.76. The van der Waals surface area contributed by atoms with Crippen molar-refractivity contribution in [2.24, 2.45) is 0 Å². The quantitative estimate of drug-likeness (QED) is 0.823. The molecule has 0 aliphatic rings. The average molecular weight is 255 g/mol. The fraction of sp³-hybridized carbons (Fsp3) is 0.125. The van der Waals surface area contributed by atoms with Crippen LogP contribution >= 0.6 is 0 Å². The van der Waals surface area contributed by atoms with Crippen LogP contribution in [0.1, 0.15) is 17.2 Å². The van der Waals surface area contributed by atoms with Crippen LogP contribution in [0.2, 0.25) is 0 Å². The van der Waals surface area contributed by atoms with E-state index in [1.54, 1.807) is 12.1 Å². The Morgan fingerprint density at radius 3 is 2.74 bits per heavy atom. The Labute approximate surface area is 111 Å². The number of nitrogens with one attached hydrogen (secondary N) is 1. The van der Waals surface area contributed by atoms with E-state index in [0.717, 1.165) is 11.3 Å². The number of aliphatic hydroxyl groups excluding tert-OH is 1. The molecule has 1 atom stereocenters. The van der Waals surface area contributed by atoms with Crippen molar-refractivity contribution in [2.75, 3.05) is 11.9 Å². The van der Waals surface area contributed by atoms with Crippen molar-refractivity contribution >= 4 is 5.69 Å². The fourth-order valence-electron chi connectivity index (χ4n) is 1.77. The Balaban J connectivity index is 2.00. The molecule has 3 heteroatoms. The van der Waals surface area contributed by atoms with Gasteiger partial charge in [-0.05, 0) is 35.9 Å². The topological polar surface area (TPSA) is 32.3 Å². The summed E-state index contributed by atoms with van der Waals surface area (Å²) in [5, 5.41) is 13.0. The van der Waals surface area contributed by atoms with E-state index in [-0.39, 0.29) is 12.4 Å².